The van der Waals surface area contributed by atoms with E-state index in [1.165, 1.54) is 16.2 Å². The Morgan fingerprint density at radius 3 is 2.72 bits per heavy atom. The predicted octanol–water partition coefficient (Wildman–Crippen LogP) is 4.28. The van der Waals surface area contributed by atoms with Gasteiger partial charge >= 0.3 is 0 Å². The molecule has 2 heterocycles. The number of halogens is 1. The third-order valence-electron chi connectivity index (χ3n) is 5.23. The van der Waals surface area contributed by atoms with E-state index < -0.39 is 0 Å². The summed E-state index contributed by atoms with van der Waals surface area (Å²) in [6, 6.07) is 8.36. The molecule has 1 aliphatic heterocycles. The smallest absolute Gasteiger partial charge is 0.229 e. The van der Waals surface area contributed by atoms with Crippen molar-refractivity contribution in [2.24, 2.45) is 11.3 Å². The van der Waals surface area contributed by atoms with Crippen LogP contribution in [0.15, 0.2) is 34.5 Å². The largest absolute Gasteiger partial charge is 0.317 e. The van der Waals surface area contributed by atoms with E-state index in [0.717, 1.165) is 43.6 Å². The summed E-state index contributed by atoms with van der Waals surface area (Å²) in [5, 5.41) is 9.13. The minimum Gasteiger partial charge on any atom is -0.317 e. The Kier molecular flexibility index (Phi) is 5.73. The highest BCUT2D eigenvalue weighted by molar-refractivity contribution is 7.98. The highest BCUT2D eigenvalue weighted by Crippen LogP contribution is 2.58. The van der Waals surface area contributed by atoms with Gasteiger partial charge in [0.2, 0.25) is 5.91 Å². The lowest BCUT2D eigenvalue weighted by Crippen LogP contribution is -2.31. The van der Waals surface area contributed by atoms with Gasteiger partial charge in [-0.2, -0.15) is 0 Å². The molecule has 7 heteroatoms. The highest BCUT2D eigenvalue weighted by atomic mass is 35.5. The normalized spacial score (nSPS) is 20.8. The Balaban J connectivity index is 0.00000182. The molecule has 1 spiro atoms. The Morgan fingerprint density at radius 2 is 2.04 bits per heavy atom. The van der Waals surface area contributed by atoms with Crippen LogP contribution >= 0.6 is 35.5 Å². The number of hydrogen-bond acceptors (Lipinski definition) is 5. The number of benzene rings is 1. The number of nitrogens with zero attached hydrogens (tertiary/aromatic N) is 1. The third-order valence-corrected chi connectivity index (χ3v) is 6.73. The van der Waals surface area contributed by atoms with Crippen molar-refractivity contribution in [2.45, 2.75) is 24.2 Å². The van der Waals surface area contributed by atoms with Gasteiger partial charge in [0.1, 0.15) is 0 Å². The molecule has 2 N–H and O–H groups in total. The van der Waals surface area contributed by atoms with Crippen LogP contribution in [0.25, 0.3) is 11.3 Å². The predicted molar refractivity (Wildman–Crippen MR) is 108 cm³/mol. The van der Waals surface area contributed by atoms with E-state index in [2.05, 4.69) is 46.1 Å². The lowest BCUT2D eigenvalue weighted by atomic mass is 9.92. The van der Waals surface area contributed by atoms with Gasteiger partial charge in [-0.3, -0.25) is 4.79 Å². The maximum absolute atomic E-state index is 12.5. The SMILES string of the molecule is CSc1ccc(-c2csc(NC(=O)C3CC34CCNCC4)n2)cc1.Cl. The number of anilines is 1. The molecule has 1 saturated heterocycles. The fourth-order valence-electron chi connectivity index (χ4n) is 3.61. The number of carbonyl (C=O) groups excluding carboxylic acids is 1. The second kappa shape index (κ2) is 7.66. The second-order valence-electron chi connectivity index (χ2n) is 6.62. The summed E-state index contributed by atoms with van der Waals surface area (Å²) < 4.78 is 0. The Labute approximate surface area is 162 Å². The van der Waals surface area contributed by atoms with Crippen LogP contribution in [0.2, 0.25) is 0 Å². The van der Waals surface area contributed by atoms with Gasteiger partial charge in [-0.1, -0.05) is 12.1 Å². The van der Waals surface area contributed by atoms with Gasteiger partial charge in [-0.15, -0.1) is 35.5 Å². The van der Waals surface area contributed by atoms with Crippen LogP contribution in [0.1, 0.15) is 19.3 Å². The average molecular weight is 396 g/mol. The van der Waals surface area contributed by atoms with Gasteiger partial charge in [0.05, 0.1) is 5.69 Å². The molecule has 1 atom stereocenters. The van der Waals surface area contributed by atoms with E-state index in [-0.39, 0.29) is 29.6 Å². The molecule has 2 fully saturated rings. The Morgan fingerprint density at radius 1 is 1.32 bits per heavy atom. The zero-order valence-corrected chi connectivity index (χ0v) is 16.5. The topological polar surface area (TPSA) is 54.0 Å². The summed E-state index contributed by atoms with van der Waals surface area (Å²) in [4.78, 5) is 18.3. The molecule has 0 bridgehead atoms. The van der Waals surface area contributed by atoms with E-state index in [1.54, 1.807) is 11.8 Å². The monoisotopic (exact) mass is 395 g/mol. The maximum atomic E-state index is 12.5. The summed E-state index contributed by atoms with van der Waals surface area (Å²) >= 11 is 3.23. The van der Waals surface area contributed by atoms with Crippen molar-refractivity contribution in [3.63, 3.8) is 0 Å². The Hall–Kier alpha value is -1.08. The molecule has 2 aliphatic rings. The van der Waals surface area contributed by atoms with Crippen LogP contribution < -0.4 is 10.6 Å². The minimum absolute atomic E-state index is 0. The van der Waals surface area contributed by atoms with E-state index in [9.17, 15) is 4.79 Å². The molecule has 1 aromatic heterocycles. The van der Waals surface area contributed by atoms with Gasteiger partial charge in [0.25, 0.3) is 0 Å². The van der Waals surface area contributed by atoms with Gasteiger partial charge in [0.15, 0.2) is 5.13 Å². The fraction of sp³-hybridized carbons (Fsp3) is 0.444. The van der Waals surface area contributed by atoms with E-state index >= 15 is 0 Å². The molecular formula is C18H22ClN3OS2. The zero-order chi connectivity index (χ0) is 16.6. The summed E-state index contributed by atoms with van der Waals surface area (Å²) in [5.41, 5.74) is 2.28. The fourth-order valence-corrected chi connectivity index (χ4v) is 4.74. The first-order valence-electron chi connectivity index (χ1n) is 8.32. The number of thioether (sulfide) groups is 1. The van der Waals surface area contributed by atoms with Crippen molar-refractivity contribution < 1.29 is 4.79 Å². The van der Waals surface area contributed by atoms with Crippen molar-refractivity contribution in [1.29, 1.82) is 0 Å². The van der Waals surface area contributed by atoms with E-state index in [0.29, 0.717) is 5.13 Å². The van der Waals surface area contributed by atoms with Crippen molar-refractivity contribution in [3.8, 4) is 11.3 Å². The van der Waals surface area contributed by atoms with E-state index in [1.807, 2.05) is 5.38 Å². The van der Waals surface area contributed by atoms with Gasteiger partial charge in [-0.25, -0.2) is 4.98 Å². The molecule has 0 radical (unpaired) electrons. The van der Waals surface area contributed by atoms with Gasteiger partial charge in [0, 0.05) is 21.8 Å². The molecule has 4 nitrogen and oxygen atoms in total. The first-order chi connectivity index (χ1) is 11.7. The van der Waals surface area contributed by atoms with Gasteiger partial charge < -0.3 is 10.6 Å². The minimum atomic E-state index is 0. The third kappa shape index (κ3) is 3.87. The molecule has 2 aromatic rings. The van der Waals surface area contributed by atoms with Crippen LogP contribution in [0.5, 0.6) is 0 Å². The standard InChI is InChI=1S/C18H21N3OS2.ClH/c1-23-13-4-2-12(3-5-13)15-11-24-17(20-15)21-16(22)14-10-18(14)6-8-19-9-7-18;/h2-5,11,14,19H,6-10H2,1H3,(H,20,21,22);1H. The number of amides is 1. The molecule has 1 saturated carbocycles. The van der Waals surface area contributed by atoms with Crippen LogP contribution in [-0.2, 0) is 4.79 Å². The molecule has 1 unspecified atom stereocenters. The lowest BCUT2D eigenvalue weighted by molar-refractivity contribution is -0.118. The summed E-state index contributed by atoms with van der Waals surface area (Å²) in [6.45, 7) is 2.08. The average Bonchev–Trinajstić information content (AvgIpc) is 3.11. The quantitative estimate of drug-likeness (QED) is 0.758. The van der Waals surface area contributed by atoms with Crippen molar-refractivity contribution in [1.82, 2.24) is 10.3 Å². The summed E-state index contributed by atoms with van der Waals surface area (Å²) in [5.74, 6) is 0.323. The van der Waals surface area contributed by atoms with Crippen molar-refractivity contribution >= 4 is 46.5 Å². The van der Waals surface area contributed by atoms with E-state index in [4.69, 9.17) is 0 Å². The zero-order valence-electron chi connectivity index (χ0n) is 14.1. The summed E-state index contributed by atoms with van der Waals surface area (Å²) in [7, 11) is 0. The summed E-state index contributed by atoms with van der Waals surface area (Å²) in [6.07, 6.45) is 5.35. The molecule has 1 amide bonds. The number of carbonyl (C=O) groups is 1. The molecular weight excluding hydrogens is 374 g/mol. The van der Waals surface area contributed by atoms with Crippen LogP contribution in [0.4, 0.5) is 5.13 Å². The number of piperidine rings is 1. The first-order valence-corrected chi connectivity index (χ1v) is 10.4. The Bertz CT molecular complexity index is 741. The van der Waals surface area contributed by atoms with Crippen molar-refractivity contribution in [2.75, 3.05) is 24.7 Å². The highest BCUT2D eigenvalue weighted by Gasteiger charge is 2.57. The van der Waals surface area contributed by atoms with Gasteiger partial charge in [-0.05, 0) is 56.2 Å². The molecule has 25 heavy (non-hydrogen) atoms. The second-order valence-corrected chi connectivity index (χ2v) is 8.36. The molecule has 1 aliphatic carbocycles. The molecule has 4 rings (SSSR count). The number of thiazole rings is 1. The maximum Gasteiger partial charge on any atom is 0.229 e. The molecule has 1 aromatic carbocycles. The number of nitrogens with one attached hydrogen (secondary N) is 2. The van der Waals surface area contributed by atoms with Crippen LogP contribution in [0.3, 0.4) is 0 Å². The lowest BCUT2D eigenvalue weighted by Gasteiger charge is -2.22. The van der Waals surface area contributed by atoms with Crippen molar-refractivity contribution in [3.05, 3.63) is 29.6 Å². The van der Waals surface area contributed by atoms with Crippen LogP contribution in [0, 0.1) is 11.3 Å². The number of aromatic nitrogens is 1. The van der Waals surface area contributed by atoms with Crippen LogP contribution in [-0.4, -0.2) is 30.2 Å². The number of hydrogen-bond donors (Lipinski definition) is 2. The molecule has 134 valence electrons. The number of rotatable bonds is 4. The first kappa shape index (κ1) is 18.7.